The van der Waals surface area contributed by atoms with Crippen molar-refractivity contribution in [3.8, 4) is 11.5 Å². The van der Waals surface area contributed by atoms with E-state index in [-0.39, 0.29) is 5.91 Å². The topological polar surface area (TPSA) is 64.9 Å². The van der Waals surface area contributed by atoms with E-state index in [4.69, 9.17) is 9.47 Å². The van der Waals surface area contributed by atoms with Crippen LogP contribution in [0.15, 0.2) is 53.8 Å². The molecule has 1 N–H and O–H groups in total. The molecule has 0 radical (unpaired) electrons. The largest absolute Gasteiger partial charge is 0.497 e. The van der Waals surface area contributed by atoms with Crippen LogP contribution in [0.3, 0.4) is 0 Å². The second-order valence-corrected chi connectivity index (χ2v) is 5.69. The van der Waals surface area contributed by atoms with E-state index in [0.717, 1.165) is 23.0 Å². The number of nitrogens with one attached hydrogen (secondary N) is 1. The number of aryl methyl sites for hydroxylation is 1. The fourth-order valence-corrected chi connectivity index (χ4v) is 2.80. The number of para-hydroxylation sites is 1. The van der Waals surface area contributed by atoms with Gasteiger partial charge < -0.3 is 14.0 Å². The number of ether oxygens (including phenoxy) is 2. The molecule has 0 saturated heterocycles. The number of fused-ring (bicyclic) bond motifs is 1. The summed E-state index contributed by atoms with van der Waals surface area (Å²) in [7, 11) is 3.08. The SMILES string of the molecule is CCn1cc(/C=N\NC(=O)c2cc(OC)cc(OC)c2)c2ccccc21. The van der Waals surface area contributed by atoms with Crippen LogP contribution in [0.5, 0.6) is 11.5 Å². The molecular formula is C20H21N3O3. The standard InChI is InChI=1S/C20H21N3O3/c1-4-23-13-15(18-7-5-6-8-19(18)23)12-21-22-20(24)14-9-16(25-2)11-17(10-14)26-3/h5-13H,4H2,1-3H3,(H,22,24)/b21-12-. The highest BCUT2D eigenvalue weighted by Gasteiger charge is 2.09. The van der Waals surface area contributed by atoms with Crippen molar-refractivity contribution in [1.29, 1.82) is 0 Å². The summed E-state index contributed by atoms with van der Waals surface area (Å²) in [4.78, 5) is 12.4. The molecule has 0 atom stereocenters. The van der Waals surface area contributed by atoms with E-state index < -0.39 is 0 Å². The van der Waals surface area contributed by atoms with Gasteiger partial charge in [-0.15, -0.1) is 0 Å². The van der Waals surface area contributed by atoms with Crippen LogP contribution in [0.25, 0.3) is 10.9 Å². The van der Waals surface area contributed by atoms with Gasteiger partial charge in [0.15, 0.2) is 0 Å². The third-order valence-corrected chi connectivity index (χ3v) is 4.14. The molecular weight excluding hydrogens is 330 g/mol. The Kier molecular flexibility index (Phi) is 5.22. The van der Waals surface area contributed by atoms with Crippen molar-refractivity contribution in [3.63, 3.8) is 0 Å². The molecule has 0 aliphatic rings. The summed E-state index contributed by atoms with van der Waals surface area (Å²) >= 11 is 0. The summed E-state index contributed by atoms with van der Waals surface area (Å²) in [5.41, 5.74) is 5.05. The number of rotatable bonds is 6. The lowest BCUT2D eigenvalue weighted by Gasteiger charge is -2.07. The van der Waals surface area contributed by atoms with Crippen LogP contribution >= 0.6 is 0 Å². The monoisotopic (exact) mass is 351 g/mol. The highest BCUT2D eigenvalue weighted by molar-refractivity contribution is 6.00. The Hall–Kier alpha value is -3.28. The highest BCUT2D eigenvalue weighted by Crippen LogP contribution is 2.22. The normalized spacial score (nSPS) is 11.0. The molecule has 1 amide bonds. The molecule has 0 saturated carbocycles. The fraction of sp³-hybridized carbons (Fsp3) is 0.200. The zero-order chi connectivity index (χ0) is 18.5. The number of amides is 1. The number of carbonyl (C=O) groups excluding carboxylic acids is 1. The second-order valence-electron chi connectivity index (χ2n) is 5.69. The van der Waals surface area contributed by atoms with Gasteiger partial charge in [-0.3, -0.25) is 4.79 Å². The quantitative estimate of drug-likeness (QED) is 0.546. The summed E-state index contributed by atoms with van der Waals surface area (Å²) in [6.45, 7) is 2.95. The van der Waals surface area contributed by atoms with Gasteiger partial charge in [-0.25, -0.2) is 5.43 Å². The van der Waals surface area contributed by atoms with Crippen LogP contribution in [-0.4, -0.2) is 30.9 Å². The van der Waals surface area contributed by atoms with Crippen molar-refractivity contribution in [2.75, 3.05) is 14.2 Å². The molecule has 0 unspecified atom stereocenters. The number of methoxy groups -OCH3 is 2. The summed E-state index contributed by atoms with van der Waals surface area (Å²) in [5.74, 6) is 0.756. The first-order chi connectivity index (χ1) is 12.7. The first kappa shape index (κ1) is 17.5. The third kappa shape index (κ3) is 3.54. The average molecular weight is 351 g/mol. The number of carbonyl (C=O) groups is 1. The van der Waals surface area contributed by atoms with Crippen LogP contribution in [0.1, 0.15) is 22.8 Å². The molecule has 0 fully saturated rings. The van der Waals surface area contributed by atoms with E-state index in [1.165, 1.54) is 14.2 Å². The average Bonchev–Trinajstić information content (AvgIpc) is 3.05. The summed E-state index contributed by atoms with van der Waals surface area (Å²) in [6.07, 6.45) is 3.68. The Morgan fingerprint density at radius 1 is 1.15 bits per heavy atom. The van der Waals surface area contributed by atoms with Gasteiger partial charge in [0, 0.05) is 40.8 Å². The van der Waals surface area contributed by atoms with Crippen molar-refractivity contribution in [3.05, 3.63) is 59.8 Å². The molecule has 0 aliphatic carbocycles. The molecule has 6 heteroatoms. The first-order valence-corrected chi connectivity index (χ1v) is 8.30. The predicted molar refractivity (Wildman–Crippen MR) is 102 cm³/mol. The van der Waals surface area contributed by atoms with Crippen molar-refractivity contribution in [1.82, 2.24) is 9.99 Å². The second kappa shape index (κ2) is 7.74. The summed E-state index contributed by atoms with van der Waals surface area (Å²) in [6, 6.07) is 13.1. The lowest BCUT2D eigenvalue weighted by atomic mass is 10.2. The van der Waals surface area contributed by atoms with Gasteiger partial charge >= 0.3 is 0 Å². The van der Waals surface area contributed by atoms with Crippen LogP contribution in [0.4, 0.5) is 0 Å². The van der Waals surface area contributed by atoms with E-state index in [1.807, 2.05) is 24.4 Å². The highest BCUT2D eigenvalue weighted by atomic mass is 16.5. The fourth-order valence-electron chi connectivity index (χ4n) is 2.80. The Bertz CT molecular complexity index is 938. The molecule has 3 rings (SSSR count). The molecule has 1 aromatic heterocycles. The maximum absolute atomic E-state index is 12.4. The van der Waals surface area contributed by atoms with E-state index in [1.54, 1.807) is 24.4 Å². The molecule has 3 aromatic rings. The smallest absolute Gasteiger partial charge is 0.271 e. The Morgan fingerprint density at radius 3 is 2.50 bits per heavy atom. The number of hydrazone groups is 1. The summed E-state index contributed by atoms with van der Waals surface area (Å²) in [5, 5.41) is 5.20. The van der Waals surface area contributed by atoms with Gasteiger partial charge in [0.2, 0.25) is 0 Å². The van der Waals surface area contributed by atoms with Gasteiger partial charge in [-0.05, 0) is 25.1 Å². The van der Waals surface area contributed by atoms with Gasteiger partial charge in [-0.1, -0.05) is 18.2 Å². The van der Waals surface area contributed by atoms with E-state index in [0.29, 0.717) is 17.1 Å². The molecule has 0 bridgehead atoms. The first-order valence-electron chi connectivity index (χ1n) is 8.30. The van der Waals surface area contributed by atoms with Gasteiger partial charge in [0.1, 0.15) is 11.5 Å². The maximum atomic E-state index is 12.4. The Labute approximate surface area is 152 Å². The van der Waals surface area contributed by atoms with Crippen molar-refractivity contribution in [2.45, 2.75) is 13.5 Å². The molecule has 1 heterocycles. The minimum atomic E-state index is -0.335. The third-order valence-electron chi connectivity index (χ3n) is 4.14. The van der Waals surface area contributed by atoms with Crippen molar-refractivity contribution >= 4 is 23.0 Å². The lowest BCUT2D eigenvalue weighted by Crippen LogP contribution is -2.17. The van der Waals surface area contributed by atoms with Crippen molar-refractivity contribution in [2.24, 2.45) is 5.10 Å². The molecule has 6 nitrogen and oxygen atoms in total. The van der Waals surface area contributed by atoms with Gasteiger partial charge in [0.25, 0.3) is 5.91 Å². The van der Waals surface area contributed by atoms with Gasteiger partial charge in [0.05, 0.1) is 20.4 Å². The molecule has 0 aliphatic heterocycles. The molecule has 0 spiro atoms. The van der Waals surface area contributed by atoms with Crippen LogP contribution < -0.4 is 14.9 Å². The van der Waals surface area contributed by atoms with Crippen LogP contribution in [0.2, 0.25) is 0 Å². The minimum absolute atomic E-state index is 0.335. The zero-order valence-electron chi connectivity index (χ0n) is 15.0. The molecule has 26 heavy (non-hydrogen) atoms. The minimum Gasteiger partial charge on any atom is -0.497 e. The number of nitrogens with zero attached hydrogens (tertiary/aromatic N) is 2. The summed E-state index contributed by atoms with van der Waals surface area (Å²) < 4.78 is 12.5. The maximum Gasteiger partial charge on any atom is 0.271 e. The Morgan fingerprint density at radius 2 is 1.85 bits per heavy atom. The van der Waals surface area contributed by atoms with Crippen LogP contribution in [-0.2, 0) is 6.54 Å². The molecule has 2 aromatic carbocycles. The zero-order valence-corrected chi connectivity index (χ0v) is 15.0. The Balaban J connectivity index is 1.80. The van der Waals surface area contributed by atoms with Crippen molar-refractivity contribution < 1.29 is 14.3 Å². The number of benzene rings is 2. The number of aromatic nitrogens is 1. The predicted octanol–water partition coefficient (Wildman–Crippen LogP) is 3.44. The lowest BCUT2D eigenvalue weighted by molar-refractivity contribution is 0.0954. The van der Waals surface area contributed by atoms with Gasteiger partial charge in [-0.2, -0.15) is 5.10 Å². The van der Waals surface area contributed by atoms with E-state index in [2.05, 4.69) is 28.1 Å². The molecule has 134 valence electrons. The number of hydrogen-bond donors (Lipinski definition) is 1. The van der Waals surface area contributed by atoms with E-state index in [9.17, 15) is 4.79 Å². The van der Waals surface area contributed by atoms with E-state index >= 15 is 0 Å². The van der Waals surface area contributed by atoms with Crippen LogP contribution in [0, 0.1) is 0 Å². The number of hydrogen-bond acceptors (Lipinski definition) is 4.